The van der Waals surface area contributed by atoms with Gasteiger partial charge in [-0.1, -0.05) is 30.3 Å². The summed E-state index contributed by atoms with van der Waals surface area (Å²) in [6.07, 6.45) is 3.64. The normalized spacial score (nSPS) is 13.6. The zero-order chi connectivity index (χ0) is 30.2. The van der Waals surface area contributed by atoms with Crippen molar-refractivity contribution in [2.75, 3.05) is 18.5 Å². The number of carboxylic acids is 1. The second-order valence-corrected chi connectivity index (χ2v) is 9.52. The van der Waals surface area contributed by atoms with Gasteiger partial charge in [-0.05, 0) is 79.4 Å². The average molecular weight is 570 g/mol. The molecule has 216 valence electrons. The zero-order valence-corrected chi connectivity index (χ0v) is 23.3. The number of carboxylic acid groups (broad SMARTS) is 1. The fourth-order valence-corrected chi connectivity index (χ4v) is 4.35. The number of nitrogens with zero attached hydrogens (tertiary/aromatic N) is 1. The molecule has 1 aliphatic rings. The van der Waals surface area contributed by atoms with Gasteiger partial charge in [0.25, 0.3) is 5.91 Å². The number of urea groups is 1. The highest BCUT2D eigenvalue weighted by Crippen LogP contribution is 2.35. The average Bonchev–Trinajstić information content (AvgIpc) is 3.20. The van der Waals surface area contributed by atoms with Crippen LogP contribution in [0.5, 0.6) is 11.5 Å². The van der Waals surface area contributed by atoms with Crippen LogP contribution in [0.1, 0.15) is 39.5 Å². The molecule has 1 heterocycles. The molecule has 1 fully saturated rings. The van der Waals surface area contributed by atoms with E-state index in [4.69, 9.17) is 14.6 Å². The molecule has 0 aromatic heterocycles. The van der Waals surface area contributed by atoms with E-state index in [0.29, 0.717) is 35.8 Å². The minimum absolute atomic E-state index is 0.0162. The molecule has 4 amide bonds. The second kappa shape index (κ2) is 13.3. The molecule has 42 heavy (non-hydrogen) atoms. The van der Waals surface area contributed by atoms with Crippen LogP contribution in [0.3, 0.4) is 0 Å². The van der Waals surface area contributed by atoms with Gasteiger partial charge in [-0.3, -0.25) is 9.59 Å². The first kappa shape index (κ1) is 29.6. The Morgan fingerprint density at radius 1 is 1.07 bits per heavy atom. The van der Waals surface area contributed by atoms with Crippen molar-refractivity contribution in [1.82, 2.24) is 10.2 Å². The Balaban J connectivity index is 1.54. The molecule has 10 heteroatoms. The molecule has 0 spiro atoms. The van der Waals surface area contributed by atoms with Gasteiger partial charge in [0.15, 0.2) is 11.5 Å². The Morgan fingerprint density at radius 2 is 1.83 bits per heavy atom. The molecule has 0 radical (unpaired) electrons. The molecule has 3 aromatic carbocycles. The summed E-state index contributed by atoms with van der Waals surface area (Å²) in [4.78, 5) is 50.2. The van der Waals surface area contributed by atoms with E-state index < -0.39 is 30.4 Å². The summed E-state index contributed by atoms with van der Waals surface area (Å²) in [7, 11) is 0. The number of amides is 4. The van der Waals surface area contributed by atoms with Gasteiger partial charge < -0.3 is 25.2 Å². The van der Waals surface area contributed by atoms with Crippen LogP contribution in [-0.2, 0) is 22.6 Å². The minimum atomic E-state index is -1.01. The first-order valence-corrected chi connectivity index (χ1v) is 13.2. The van der Waals surface area contributed by atoms with Crippen molar-refractivity contribution in [1.29, 1.82) is 0 Å². The number of carbonyl (C=O) groups excluding carboxylic acids is 3. The first-order chi connectivity index (χ1) is 20.2. The predicted molar refractivity (Wildman–Crippen MR) is 157 cm³/mol. The van der Waals surface area contributed by atoms with Gasteiger partial charge in [0.2, 0.25) is 5.91 Å². The number of nitrogens with one attached hydrogen (secondary N) is 2. The van der Waals surface area contributed by atoms with Gasteiger partial charge in [-0.2, -0.15) is 0 Å². The summed E-state index contributed by atoms with van der Waals surface area (Å²) < 4.78 is 12.0. The van der Waals surface area contributed by atoms with E-state index >= 15 is 0 Å². The zero-order valence-electron chi connectivity index (χ0n) is 23.3. The smallest absolute Gasteiger partial charge is 0.335 e. The van der Waals surface area contributed by atoms with E-state index in [0.717, 1.165) is 21.6 Å². The molecular formula is C32H31N3O7. The Labute approximate surface area is 243 Å². The number of benzene rings is 3. The molecule has 1 aliphatic heterocycles. The number of ether oxygens (including phenoxy) is 2. The van der Waals surface area contributed by atoms with Crippen molar-refractivity contribution in [3.63, 3.8) is 0 Å². The number of imide groups is 1. The van der Waals surface area contributed by atoms with E-state index in [2.05, 4.69) is 17.2 Å². The number of hydrogen-bond acceptors (Lipinski definition) is 6. The molecular weight excluding hydrogens is 538 g/mol. The summed E-state index contributed by atoms with van der Waals surface area (Å²) in [5, 5.41) is 14.4. The van der Waals surface area contributed by atoms with E-state index in [1.54, 1.807) is 48.5 Å². The topological polar surface area (TPSA) is 134 Å². The molecule has 0 atom stereocenters. The lowest BCUT2D eigenvalue weighted by atomic mass is 10.0. The highest BCUT2D eigenvalue weighted by Gasteiger charge is 2.35. The maximum Gasteiger partial charge on any atom is 0.335 e. The van der Waals surface area contributed by atoms with Crippen molar-refractivity contribution < 1.29 is 33.8 Å². The predicted octanol–water partition coefficient (Wildman–Crippen LogP) is 4.93. The SMILES string of the molecule is C=CCc1cc(/C=C2/NC(=O)N(CC(=O)Nc3cccc(C)c3)C2=O)cc(OCC)c1OCc1ccc(C(=O)O)cc1. The number of aromatic carboxylic acids is 1. The van der Waals surface area contributed by atoms with Crippen molar-refractivity contribution in [3.05, 3.63) is 107 Å². The minimum Gasteiger partial charge on any atom is -0.490 e. The maximum absolute atomic E-state index is 13.1. The molecule has 0 bridgehead atoms. The van der Waals surface area contributed by atoms with E-state index in [9.17, 15) is 19.2 Å². The van der Waals surface area contributed by atoms with Gasteiger partial charge in [0.1, 0.15) is 18.8 Å². The summed E-state index contributed by atoms with van der Waals surface area (Å²) in [5.41, 5.74) is 3.80. The number of anilines is 1. The monoisotopic (exact) mass is 569 g/mol. The van der Waals surface area contributed by atoms with Crippen LogP contribution >= 0.6 is 0 Å². The second-order valence-electron chi connectivity index (χ2n) is 9.52. The lowest BCUT2D eigenvalue weighted by Gasteiger charge is -2.17. The van der Waals surface area contributed by atoms with E-state index in [-0.39, 0.29) is 17.9 Å². The van der Waals surface area contributed by atoms with Crippen molar-refractivity contribution >= 4 is 35.6 Å². The fraction of sp³-hybridized carbons (Fsp3) is 0.188. The number of rotatable bonds is 12. The van der Waals surface area contributed by atoms with Crippen LogP contribution in [-0.4, -0.2) is 47.0 Å². The standard InChI is InChI=1S/C32H31N3O7/c1-4-7-24-15-22(17-27(41-5-2)29(24)42-19-21-10-12-23(13-11-21)31(38)39)16-26-30(37)35(32(40)34-26)18-28(36)33-25-9-6-8-20(3)14-25/h4,6,8-17H,1,5,7,18-19H2,2-3H3,(H,33,36)(H,34,40)(H,38,39)/b26-16+. The quantitative estimate of drug-likeness (QED) is 0.160. The molecule has 4 rings (SSSR count). The largest absolute Gasteiger partial charge is 0.490 e. The lowest BCUT2D eigenvalue weighted by molar-refractivity contribution is -0.127. The summed E-state index contributed by atoms with van der Waals surface area (Å²) in [6.45, 7) is 7.61. The number of carbonyl (C=O) groups is 4. The van der Waals surface area contributed by atoms with Crippen molar-refractivity contribution in [2.24, 2.45) is 0 Å². The van der Waals surface area contributed by atoms with Crippen molar-refractivity contribution in [3.8, 4) is 11.5 Å². The third-order valence-corrected chi connectivity index (χ3v) is 6.28. The number of aryl methyl sites for hydroxylation is 1. The molecule has 0 unspecified atom stereocenters. The maximum atomic E-state index is 13.1. The number of allylic oxidation sites excluding steroid dienone is 1. The van der Waals surface area contributed by atoms with Gasteiger partial charge in [-0.15, -0.1) is 6.58 Å². The first-order valence-electron chi connectivity index (χ1n) is 13.2. The third kappa shape index (κ3) is 7.22. The lowest BCUT2D eigenvalue weighted by Crippen LogP contribution is -2.38. The Morgan fingerprint density at radius 3 is 2.50 bits per heavy atom. The highest BCUT2D eigenvalue weighted by molar-refractivity contribution is 6.16. The Kier molecular flexibility index (Phi) is 9.39. The highest BCUT2D eigenvalue weighted by atomic mass is 16.5. The van der Waals surface area contributed by atoms with Crippen molar-refractivity contribution in [2.45, 2.75) is 26.9 Å². The molecule has 0 saturated carbocycles. The molecule has 0 aliphatic carbocycles. The van der Waals surface area contributed by atoms with Crippen LogP contribution in [0, 0.1) is 6.92 Å². The third-order valence-electron chi connectivity index (χ3n) is 6.28. The molecule has 3 aromatic rings. The summed E-state index contributed by atoms with van der Waals surface area (Å²) in [5.74, 6) is -1.23. The van der Waals surface area contributed by atoms with Crippen LogP contribution < -0.4 is 20.1 Å². The van der Waals surface area contributed by atoms with Crippen LogP contribution in [0.25, 0.3) is 6.08 Å². The van der Waals surface area contributed by atoms with Gasteiger partial charge in [-0.25, -0.2) is 14.5 Å². The number of hydrogen-bond donors (Lipinski definition) is 3. The fourth-order valence-electron chi connectivity index (χ4n) is 4.35. The van der Waals surface area contributed by atoms with Crippen LogP contribution in [0.2, 0.25) is 0 Å². The Bertz CT molecular complexity index is 1560. The van der Waals surface area contributed by atoms with Gasteiger partial charge in [0, 0.05) is 11.3 Å². The van der Waals surface area contributed by atoms with Gasteiger partial charge >= 0.3 is 12.0 Å². The molecule has 1 saturated heterocycles. The van der Waals surface area contributed by atoms with Gasteiger partial charge in [0.05, 0.1) is 12.2 Å². The summed E-state index contributed by atoms with van der Waals surface area (Å²) >= 11 is 0. The van der Waals surface area contributed by atoms with E-state index in [1.165, 1.54) is 18.2 Å². The Hall–Kier alpha value is -5.38. The van der Waals surface area contributed by atoms with E-state index in [1.807, 2.05) is 19.9 Å². The van der Waals surface area contributed by atoms with Crippen LogP contribution in [0.4, 0.5) is 10.5 Å². The molecule has 10 nitrogen and oxygen atoms in total. The summed E-state index contributed by atoms with van der Waals surface area (Å²) in [6, 6.07) is 16.4. The molecule has 3 N–H and O–H groups in total. The van der Waals surface area contributed by atoms with Crippen LogP contribution in [0.15, 0.2) is 79.0 Å².